The van der Waals surface area contributed by atoms with E-state index in [2.05, 4.69) is 5.10 Å². The first-order chi connectivity index (χ1) is 11.5. The Morgan fingerprint density at radius 2 is 2.17 bits per heavy atom. The van der Waals surface area contributed by atoms with Crippen molar-refractivity contribution in [3.8, 4) is 0 Å². The predicted molar refractivity (Wildman–Crippen MR) is 88.4 cm³/mol. The summed E-state index contributed by atoms with van der Waals surface area (Å²) in [4.78, 5) is 11.4. The molecule has 124 valence electrons. The van der Waals surface area contributed by atoms with E-state index in [1.54, 1.807) is 29.1 Å². The lowest BCUT2D eigenvalue weighted by atomic mass is 10.2. The smallest absolute Gasteiger partial charge is 0.271 e. The van der Waals surface area contributed by atoms with Gasteiger partial charge in [0.2, 0.25) is 0 Å². The number of non-ortho nitro benzene ring substituents is 1. The van der Waals surface area contributed by atoms with Crippen LogP contribution in [0.25, 0.3) is 10.9 Å². The van der Waals surface area contributed by atoms with E-state index in [4.69, 9.17) is 11.6 Å². The third-order valence-corrected chi connectivity index (χ3v) is 4.15. The third kappa shape index (κ3) is 3.22. The van der Waals surface area contributed by atoms with Gasteiger partial charge in [-0.25, -0.2) is 9.07 Å². The van der Waals surface area contributed by atoms with E-state index < -0.39 is 4.92 Å². The zero-order valence-electron chi connectivity index (χ0n) is 12.9. The van der Waals surface area contributed by atoms with Crippen LogP contribution in [0.2, 0.25) is 5.02 Å². The van der Waals surface area contributed by atoms with Crippen molar-refractivity contribution >= 4 is 28.2 Å². The van der Waals surface area contributed by atoms with E-state index in [-0.39, 0.29) is 11.5 Å². The lowest BCUT2D eigenvalue weighted by Crippen LogP contribution is -3.07. The average molecular weight is 350 g/mol. The van der Waals surface area contributed by atoms with E-state index in [9.17, 15) is 14.5 Å². The Labute approximate surface area is 142 Å². The number of aromatic nitrogens is 2. The first-order valence-electron chi connectivity index (χ1n) is 7.30. The molecule has 3 rings (SSSR count). The molecule has 8 heteroatoms. The second-order valence-corrected chi connectivity index (χ2v) is 6.04. The van der Waals surface area contributed by atoms with Crippen molar-refractivity contribution < 1.29 is 14.2 Å². The van der Waals surface area contributed by atoms with Crippen LogP contribution in [-0.2, 0) is 13.2 Å². The SMILES string of the molecule is C[NH+](Cc1c(F)cccc1Cl)Cn1ncc2ccc([N+](=O)[O-])cc21. The minimum absolute atomic E-state index is 0.0130. The van der Waals surface area contributed by atoms with Crippen molar-refractivity contribution in [3.63, 3.8) is 0 Å². The Morgan fingerprint density at radius 3 is 2.88 bits per heavy atom. The molecule has 0 amide bonds. The number of fused-ring (bicyclic) bond motifs is 1. The number of nitro benzene ring substituents is 1. The maximum atomic E-state index is 13.9. The molecule has 1 atom stereocenters. The van der Waals surface area contributed by atoms with Crippen molar-refractivity contribution in [2.45, 2.75) is 13.2 Å². The summed E-state index contributed by atoms with van der Waals surface area (Å²) in [5, 5.41) is 16.4. The summed E-state index contributed by atoms with van der Waals surface area (Å²) in [6.45, 7) is 0.803. The summed E-state index contributed by atoms with van der Waals surface area (Å²) in [5.41, 5.74) is 1.13. The van der Waals surface area contributed by atoms with Crippen LogP contribution in [0.5, 0.6) is 0 Å². The number of hydrogen-bond donors (Lipinski definition) is 1. The predicted octanol–water partition coefficient (Wildman–Crippen LogP) is 2.41. The second-order valence-electron chi connectivity index (χ2n) is 5.64. The summed E-state index contributed by atoms with van der Waals surface area (Å²) < 4.78 is 15.6. The van der Waals surface area contributed by atoms with Gasteiger partial charge in [0.25, 0.3) is 5.69 Å². The van der Waals surface area contributed by atoms with Gasteiger partial charge in [0.1, 0.15) is 12.4 Å². The molecule has 1 N–H and O–H groups in total. The van der Waals surface area contributed by atoms with Crippen molar-refractivity contribution in [3.05, 3.63) is 69.1 Å². The fourth-order valence-corrected chi connectivity index (χ4v) is 2.84. The summed E-state index contributed by atoms with van der Waals surface area (Å²) in [6, 6.07) is 9.20. The molecular weight excluding hydrogens is 335 g/mol. The number of hydrogen-bond acceptors (Lipinski definition) is 3. The first-order valence-corrected chi connectivity index (χ1v) is 7.67. The fourth-order valence-electron chi connectivity index (χ4n) is 2.61. The van der Waals surface area contributed by atoms with Crippen LogP contribution in [0.4, 0.5) is 10.1 Å². The van der Waals surface area contributed by atoms with Gasteiger partial charge in [-0.3, -0.25) is 10.1 Å². The molecule has 24 heavy (non-hydrogen) atoms. The van der Waals surface area contributed by atoms with E-state index in [1.165, 1.54) is 18.2 Å². The van der Waals surface area contributed by atoms with Crippen LogP contribution >= 0.6 is 11.6 Å². The van der Waals surface area contributed by atoms with Gasteiger partial charge in [-0.2, -0.15) is 5.10 Å². The third-order valence-electron chi connectivity index (χ3n) is 3.80. The summed E-state index contributed by atoms with van der Waals surface area (Å²) in [5.74, 6) is -0.345. The van der Waals surface area contributed by atoms with Crippen LogP contribution in [0, 0.1) is 15.9 Å². The second kappa shape index (κ2) is 6.54. The van der Waals surface area contributed by atoms with E-state index in [0.29, 0.717) is 29.3 Å². The molecule has 1 aromatic heterocycles. The van der Waals surface area contributed by atoms with Crippen LogP contribution in [0.15, 0.2) is 42.6 Å². The summed E-state index contributed by atoms with van der Waals surface area (Å²) in [6.07, 6.45) is 1.66. The number of nitrogens with one attached hydrogen (secondary N) is 1. The highest BCUT2D eigenvalue weighted by Crippen LogP contribution is 2.20. The molecule has 2 aromatic carbocycles. The molecule has 0 aliphatic carbocycles. The van der Waals surface area contributed by atoms with Crippen LogP contribution in [0.1, 0.15) is 5.56 Å². The molecule has 0 spiro atoms. The maximum Gasteiger partial charge on any atom is 0.271 e. The number of halogens is 2. The van der Waals surface area contributed by atoms with Gasteiger partial charge >= 0.3 is 0 Å². The molecule has 1 unspecified atom stereocenters. The fraction of sp³-hybridized carbons (Fsp3) is 0.188. The minimum Gasteiger partial charge on any atom is -0.315 e. The zero-order valence-corrected chi connectivity index (χ0v) is 13.6. The molecule has 3 aromatic rings. The Hall–Kier alpha value is -2.51. The van der Waals surface area contributed by atoms with Gasteiger partial charge in [0, 0.05) is 17.5 Å². The average Bonchev–Trinajstić information content (AvgIpc) is 2.93. The van der Waals surface area contributed by atoms with Crippen molar-refractivity contribution in [1.29, 1.82) is 0 Å². The molecule has 6 nitrogen and oxygen atoms in total. The van der Waals surface area contributed by atoms with Gasteiger partial charge in [-0.1, -0.05) is 17.7 Å². The van der Waals surface area contributed by atoms with Gasteiger partial charge in [0.05, 0.1) is 34.3 Å². The Balaban J connectivity index is 1.84. The highest BCUT2D eigenvalue weighted by Gasteiger charge is 2.15. The monoisotopic (exact) mass is 349 g/mol. The van der Waals surface area contributed by atoms with Crippen LogP contribution < -0.4 is 4.90 Å². The highest BCUT2D eigenvalue weighted by molar-refractivity contribution is 6.31. The maximum absolute atomic E-state index is 13.9. The van der Waals surface area contributed by atoms with Crippen molar-refractivity contribution in [2.24, 2.45) is 0 Å². The van der Waals surface area contributed by atoms with Gasteiger partial charge in [-0.15, -0.1) is 0 Å². The molecule has 0 aliphatic heterocycles. The molecular formula is C16H15ClFN4O2+. The quantitative estimate of drug-likeness (QED) is 0.568. The first kappa shape index (κ1) is 16.4. The minimum atomic E-state index is -0.438. The normalized spacial score (nSPS) is 12.5. The number of rotatable bonds is 5. The lowest BCUT2D eigenvalue weighted by molar-refractivity contribution is -0.917. The molecule has 0 saturated carbocycles. The van der Waals surface area contributed by atoms with Gasteiger partial charge < -0.3 is 4.90 Å². The number of benzene rings is 2. The molecule has 1 heterocycles. The molecule has 0 radical (unpaired) electrons. The highest BCUT2D eigenvalue weighted by atomic mass is 35.5. The molecule has 0 bridgehead atoms. The summed E-state index contributed by atoms with van der Waals surface area (Å²) in [7, 11) is 1.88. The Bertz CT molecular complexity index is 892. The van der Waals surface area contributed by atoms with E-state index >= 15 is 0 Å². The molecule has 0 saturated heterocycles. The molecule has 0 fully saturated rings. The van der Waals surface area contributed by atoms with Crippen LogP contribution in [-0.4, -0.2) is 21.8 Å². The van der Waals surface area contributed by atoms with Gasteiger partial charge in [-0.05, 0) is 18.2 Å². The van der Waals surface area contributed by atoms with Gasteiger partial charge in [0.15, 0.2) is 6.67 Å². The Morgan fingerprint density at radius 1 is 1.38 bits per heavy atom. The number of nitro groups is 1. The van der Waals surface area contributed by atoms with Crippen molar-refractivity contribution in [1.82, 2.24) is 9.78 Å². The number of nitrogens with zero attached hydrogens (tertiary/aromatic N) is 3. The van der Waals surface area contributed by atoms with Crippen molar-refractivity contribution in [2.75, 3.05) is 7.05 Å². The zero-order chi connectivity index (χ0) is 17.3. The van der Waals surface area contributed by atoms with Crippen LogP contribution in [0.3, 0.4) is 0 Å². The van der Waals surface area contributed by atoms with E-state index in [0.717, 1.165) is 10.3 Å². The lowest BCUT2D eigenvalue weighted by Gasteiger charge is -2.16. The standard InChI is InChI=1S/C16H14ClFN4O2/c1-20(9-13-14(17)3-2-4-15(13)18)10-21-16-7-12(22(23)24)6-5-11(16)8-19-21/h2-8H,9-10H2,1H3/p+1. The largest absolute Gasteiger partial charge is 0.315 e. The topological polar surface area (TPSA) is 65.4 Å². The summed E-state index contributed by atoms with van der Waals surface area (Å²) >= 11 is 6.06. The van der Waals surface area contributed by atoms with E-state index in [1.807, 2.05) is 7.05 Å². The number of quaternary nitrogens is 1. The molecule has 0 aliphatic rings. The Kier molecular flexibility index (Phi) is 4.46.